The number of benzene rings is 2. The average molecular weight is 521 g/mol. The number of carbonyl (C=O) groups excluding carboxylic acids is 2. The van der Waals surface area contributed by atoms with Gasteiger partial charge in [0, 0.05) is 76.7 Å². The van der Waals surface area contributed by atoms with Crippen LogP contribution in [0, 0.1) is 11.7 Å². The monoisotopic (exact) mass is 520 g/mol. The third kappa shape index (κ3) is 7.21. The largest absolute Gasteiger partial charge is 0.490 e. The maximum atomic E-state index is 13.4. The van der Waals surface area contributed by atoms with E-state index in [-0.39, 0.29) is 42.0 Å². The van der Waals surface area contributed by atoms with Crippen molar-refractivity contribution in [3.63, 3.8) is 0 Å². The minimum atomic E-state index is -0.328. The zero-order chi connectivity index (χ0) is 27.1. The molecule has 0 saturated carbocycles. The van der Waals surface area contributed by atoms with Gasteiger partial charge in [-0.15, -0.1) is 0 Å². The van der Waals surface area contributed by atoms with Crippen LogP contribution in [-0.2, 0) is 22.7 Å². The standard InChI is InChI=1S/C30H37FN4O3/c1-22(2)30-32-15-18-34(30)17-14-28(36)35-16-13-27(38-26-11-9-25(31)10-12-26)24(21-35)19-29(37)33(3)20-23-7-5-4-6-8-23/h4-12,15,18,22,24,27H,13-14,16-17,19-21H2,1-3H3/t24-,27-/m0/s1. The fourth-order valence-electron chi connectivity index (χ4n) is 4.99. The third-order valence-corrected chi connectivity index (χ3v) is 7.07. The molecule has 8 heteroatoms. The Morgan fingerprint density at radius 2 is 1.87 bits per heavy atom. The van der Waals surface area contributed by atoms with E-state index < -0.39 is 0 Å². The number of hydrogen-bond acceptors (Lipinski definition) is 4. The van der Waals surface area contributed by atoms with Crippen LogP contribution in [0.15, 0.2) is 67.0 Å². The van der Waals surface area contributed by atoms with Crippen LogP contribution in [0.2, 0.25) is 0 Å². The number of aryl methyl sites for hydroxylation is 1. The Balaban J connectivity index is 1.42. The van der Waals surface area contributed by atoms with Gasteiger partial charge in [-0.3, -0.25) is 9.59 Å². The minimum absolute atomic E-state index is 0.000786. The van der Waals surface area contributed by atoms with Gasteiger partial charge in [0.15, 0.2) is 0 Å². The summed E-state index contributed by atoms with van der Waals surface area (Å²) in [6, 6.07) is 15.8. The van der Waals surface area contributed by atoms with E-state index in [1.54, 1.807) is 30.3 Å². The van der Waals surface area contributed by atoms with E-state index in [4.69, 9.17) is 4.74 Å². The summed E-state index contributed by atoms with van der Waals surface area (Å²) in [7, 11) is 1.80. The van der Waals surface area contributed by atoms with Gasteiger partial charge in [-0.1, -0.05) is 44.2 Å². The van der Waals surface area contributed by atoms with Crippen LogP contribution in [0.25, 0.3) is 0 Å². The van der Waals surface area contributed by atoms with Crippen LogP contribution in [0.4, 0.5) is 4.39 Å². The molecule has 0 unspecified atom stereocenters. The van der Waals surface area contributed by atoms with Crippen molar-refractivity contribution in [1.29, 1.82) is 0 Å². The van der Waals surface area contributed by atoms with E-state index in [0.29, 0.717) is 44.8 Å². The molecular formula is C30H37FN4O3. The predicted molar refractivity (Wildman–Crippen MR) is 144 cm³/mol. The number of carbonyl (C=O) groups is 2. The fourth-order valence-corrected chi connectivity index (χ4v) is 4.99. The molecule has 0 radical (unpaired) electrons. The number of piperidine rings is 1. The molecule has 4 rings (SSSR count). The average Bonchev–Trinajstić information content (AvgIpc) is 3.39. The van der Waals surface area contributed by atoms with Gasteiger partial charge in [0.2, 0.25) is 11.8 Å². The van der Waals surface area contributed by atoms with E-state index in [1.165, 1.54) is 12.1 Å². The zero-order valence-corrected chi connectivity index (χ0v) is 22.4. The normalized spacial score (nSPS) is 17.4. The van der Waals surface area contributed by atoms with E-state index in [9.17, 15) is 14.0 Å². The molecule has 0 bridgehead atoms. The van der Waals surface area contributed by atoms with E-state index in [1.807, 2.05) is 46.0 Å². The summed E-state index contributed by atoms with van der Waals surface area (Å²) < 4.78 is 21.7. The predicted octanol–water partition coefficient (Wildman–Crippen LogP) is 4.88. The van der Waals surface area contributed by atoms with Crippen molar-refractivity contribution in [1.82, 2.24) is 19.4 Å². The van der Waals surface area contributed by atoms with Gasteiger partial charge in [0.05, 0.1) is 0 Å². The second kappa shape index (κ2) is 12.7. The first-order valence-corrected chi connectivity index (χ1v) is 13.3. The summed E-state index contributed by atoms with van der Waals surface area (Å²) in [4.78, 5) is 34.4. The number of nitrogens with zero attached hydrogens (tertiary/aromatic N) is 4. The van der Waals surface area contributed by atoms with Gasteiger partial charge in [-0.2, -0.15) is 0 Å². The molecule has 1 aromatic heterocycles. The summed E-state index contributed by atoms with van der Waals surface area (Å²) in [6.45, 7) is 6.25. The maximum absolute atomic E-state index is 13.4. The highest BCUT2D eigenvalue weighted by molar-refractivity contribution is 5.78. The number of amides is 2. The summed E-state index contributed by atoms with van der Waals surface area (Å²) in [5, 5.41) is 0. The molecule has 2 atom stereocenters. The van der Waals surface area contributed by atoms with E-state index in [2.05, 4.69) is 18.8 Å². The lowest BCUT2D eigenvalue weighted by Crippen LogP contribution is -2.49. The van der Waals surface area contributed by atoms with Crippen LogP contribution in [0.1, 0.15) is 50.4 Å². The molecule has 1 aliphatic heterocycles. The Bertz CT molecular complexity index is 1200. The first-order chi connectivity index (χ1) is 18.3. The quantitative estimate of drug-likeness (QED) is 0.382. The summed E-state index contributed by atoms with van der Waals surface area (Å²) in [6.07, 6.45) is 4.67. The first-order valence-electron chi connectivity index (χ1n) is 13.3. The first kappa shape index (κ1) is 27.4. The van der Waals surface area contributed by atoms with Crippen LogP contribution < -0.4 is 4.74 Å². The highest BCUT2D eigenvalue weighted by atomic mass is 19.1. The highest BCUT2D eigenvalue weighted by Gasteiger charge is 2.35. The SMILES string of the molecule is CC(C)c1nccn1CCC(=O)N1CC[C@H](Oc2ccc(F)cc2)[C@@H](CC(=O)N(C)Cc2ccccc2)C1. The Labute approximate surface area is 224 Å². The van der Waals surface area contributed by atoms with Crippen molar-refractivity contribution in [2.75, 3.05) is 20.1 Å². The van der Waals surface area contributed by atoms with Gasteiger partial charge in [-0.25, -0.2) is 9.37 Å². The van der Waals surface area contributed by atoms with E-state index >= 15 is 0 Å². The number of halogens is 1. The number of rotatable bonds is 10. The number of ether oxygens (including phenoxy) is 1. The maximum Gasteiger partial charge on any atom is 0.224 e. The van der Waals surface area contributed by atoms with Gasteiger partial charge < -0.3 is 19.1 Å². The molecule has 2 heterocycles. The molecule has 2 aromatic carbocycles. The van der Waals surface area contributed by atoms with Gasteiger partial charge in [0.25, 0.3) is 0 Å². The number of likely N-dealkylation sites (tertiary alicyclic amines) is 1. The molecule has 1 fully saturated rings. The van der Waals surface area contributed by atoms with Crippen LogP contribution in [0.3, 0.4) is 0 Å². The molecular weight excluding hydrogens is 483 g/mol. The number of aromatic nitrogens is 2. The molecule has 202 valence electrons. The van der Waals surface area contributed by atoms with Gasteiger partial charge >= 0.3 is 0 Å². The molecule has 7 nitrogen and oxygen atoms in total. The molecule has 0 spiro atoms. The van der Waals surface area contributed by atoms with Crippen molar-refractivity contribution in [2.45, 2.75) is 58.2 Å². The fraction of sp³-hybridized carbons (Fsp3) is 0.433. The smallest absolute Gasteiger partial charge is 0.224 e. The number of imidazole rings is 1. The molecule has 0 N–H and O–H groups in total. The lowest BCUT2D eigenvalue weighted by atomic mass is 9.90. The summed E-state index contributed by atoms with van der Waals surface area (Å²) in [5.74, 6) is 1.36. The Hall–Kier alpha value is -3.68. The number of hydrogen-bond donors (Lipinski definition) is 0. The Morgan fingerprint density at radius 3 is 2.58 bits per heavy atom. The minimum Gasteiger partial charge on any atom is -0.490 e. The van der Waals surface area contributed by atoms with Crippen LogP contribution in [-0.4, -0.2) is 57.4 Å². The highest BCUT2D eigenvalue weighted by Crippen LogP contribution is 2.27. The molecule has 1 saturated heterocycles. The summed E-state index contributed by atoms with van der Waals surface area (Å²) in [5.41, 5.74) is 1.06. The second-order valence-electron chi connectivity index (χ2n) is 10.3. The molecule has 38 heavy (non-hydrogen) atoms. The topological polar surface area (TPSA) is 67.7 Å². The molecule has 2 amide bonds. The van der Waals surface area contributed by atoms with Gasteiger partial charge in [0.1, 0.15) is 23.5 Å². The van der Waals surface area contributed by atoms with Crippen molar-refractivity contribution >= 4 is 11.8 Å². The van der Waals surface area contributed by atoms with Gasteiger partial charge in [-0.05, 0) is 29.8 Å². The van der Waals surface area contributed by atoms with Crippen molar-refractivity contribution < 1.29 is 18.7 Å². The zero-order valence-electron chi connectivity index (χ0n) is 22.4. The lowest BCUT2D eigenvalue weighted by Gasteiger charge is -2.39. The molecule has 0 aliphatic carbocycles. The molecule has 1 aliphatic rings. The molecule has 3 aromatic rings. The Morgan fingerprint density at radius 1 is 1.13 bits per heavy atom. The Kier molecular flexibility index (Phi) is 9.15. The third-order valence-electron chi connectivity index (χ3n) is 7.07. The lowest BCUT2D eigenvalue weighted by molar-refractivity contribution is -0.139. The van der Waals surface area contributed by atoms with Crippen LogP contribution >= 0.6 is 0 Å². The van der Waals surface area contributed by atoms with Crippen LogP contribution in [0.5, 0.6) is 5.75 Å². The van der Waals surface area contributed by atoms with Crippen molar-refractivity contribution in [3.05, 3.63) is 84.2 Å². The van der Waals surface area contributed by atoms with Crippen molar-refractivity contribution in [2.24, 2.45) is 5.92 Å². The second-order valence-corrected chi connectivity index (χ2v) is 10.3. The van der Waals surface area contributed by atoms with E-state index in [0.717, 1.165) is 11.4 Å². The van der Waals surface area contributed by atoms with Crippen molar-refractivity contribution in [3.8, 4) is 5.75 Å². The summed E-state index contributed by atoms with van der Waals surface area (Å²) >= 11 is 0.